The summed E-state index contributed by atoms with van der Waals surface area (Å²) in [5, 5.41) is 18.7. The van der Waals surface area contributed by atoms with E-state index in [1.807, 2.05) is 12.1 Å². The molecule has 0 bridgehead atoms. The van der Waals surface area contributed by atoms with E-state index >= 15 is 0 Å². The van der Waals surface area contributed by atoms with Crippen molar-refractivity contribution in [2.24, 2.45) is 0 Å². The molecule has 1 aliphatic heterocycles. The van der Waals surface area contributed by atoms with Gasteiger partial charge in [0.25, 0.3) is 0 Å². The fourth-order valence-corrected chi connectivity index (χ4v) is 2.49. The van der Waals surface area contributed by atoms with Crippen LogP contribution in [-0.4, -0.2) is 34.3 Å². The lowest BCUT2D eigenvalue weighted by Gasteiger charge is -2.28. The molecule has 1 unspecified atom stereocenters. The Morgan fingerprint density at radius 2 is 1.88 bits per heavy atom. The van der Waals surface area contributed by atoms with Crippen molar-refractivity contribution in [3.8, 4) is 5.75 Å². The monoisotopic (exact) mass is 235 g/mol. The van der Waals surface area contributed by atoms with Gasteiger partial charge in [-0.2, -0.15) is 0 Å². The van der Waals surface area contributed by atoms with Crippen molar-refractivity contribution >= 4 is 0 Å². The summed E-state index contributed by atoms with van der Waals surface area (Å²) in [6, 6.07) is 7.65. The van der Waals surface area contributed by atoms with E-state index in [0.717, 1.165) is 19.5 Å². The first kappa shape index (κ1) is 12.4. The number of hydrogen-bond donors (Lipinski definition) is 2. The molecule has 0 radical (unpaired) electrons. The summed E-state index contributed by atoms with van der Waals surface area (Å²) in [6.07, 6.45) is 4.79. The summed E-state index contributed by atoms with van der Waals surface area (Å²) in [4.78, 5) is 2.36. The highest BCUT2D eigenvalue weighted by atomic mass is 16.3. The third-order valence-corrected chi connectivity index (χ3v) is 3.53. The van der Waals surface area contributed by atoms with E-state index in [1.54, 1.807) is 12.1 Å². The number of hydrogen-bond acceptors (Lipinski definition) is 3. The summed E-state index contributed by atoms with van der Waals surface area (Å²) in [5.74, 6) is 0.309. The number of benzene rings is 1. The second-order valence-corrected chi connectivity index (χ2v) is 4.82. The van der Waals surface area contributed by atoms with Crippen molar-refractivity contribution in [1.82, 2.24) is 4.90 Å². The summed E-state index contributed by atoms with van der Waals surface area (Å²) in [6.45, 7) is 2.18. The largest absolute Gasteiger partial charge is 0.508 e. The first-order chi connectivity index (χ1) is 8.29. The summed E-state index contributed by atoms with van der Waals surface area (Å²) < 4.78 is 0. The first-order valence-electron chi connectivity index (χ1n) is 6.42. The van der Waals surface area contributed by atoms with Crippen LogP contribution in [0.4, 0.5) is 0 Å². The molecular weight excluding hydrogens is 214 g/mol. The molecule has 1 saturated heterocycles. The number of nitrogens with zero attached hydrogens (tertiary/aromatic N) is 1. The zero-order valence-electron chi connectivity index (χ0n) is 10.2. The highest BCUT2D eigenvalue weighted by molar-refractivity contribution is 5.25. The standard InChI is InChI=1S/C14H21NO2/c16-11-13-4-2-1-3-9-15(13)10-12-5-7-14(17)8-6-12/h5-8,13,16-17H,1-4,9-11H2. The Morgan fingerprint density at radius 3 is 2.59 bits per heavy atom. The molecule has 1 heterocycles. The molecule has 1 fully saturated rings. The molecule has 1 aromatic carbocycles. The van der Waals surface area contributed by atoms with Gasteiger partial charge in [-0.05, 0) is 37.1 Å². The van der Waals surface area contributed by atoms with E-state index in [-0.39, 0.29) is 6.61 Å². The number of aromatic hydroxyl groups is 1. The maximum Gasteiger partial charge on any atom is 0.115 e. The van der Waals surface area contributed by atoms with Gasteiger partial charge in [-0.25, -0.2) is 0 Å². The van der Waals surface area contributed by atoms with Crippen LogP contribution in [-0.2, 0) is 6.54 Å². The average molecular weight is 235 g/mol. The van der Waals surface area contributed by atoms with Crippen molar-refractivity contribution in [2.75, 3.05) is 13.2 Å². The van der Waals surface area contributed by atoms with Crippen molar-refractivity contribution in [2.45, 2.75) is 38.3 Å². The van der Waals surface area contributed by atoms with Crippen LogP contribution in [0.1, 0.15) is 31.2 Å². The fourth-order valence-electron chi connectivity index (χ4n) is 2.49. The number of phenols is 1. The Balaban J connectivity index is 2.01. The number of rotatable bonds is 3. The second-order valence-electron chi connectivity index (χ2n) is 4.82. The molecule has 94 valence electrons. The van der Waals surface area contributed by atoms with Crippen LogP contribution in [0, 0.1) is 0 Å². The molecule has 0 saturated carbocycles. The Labute approximate surface area is 103 Å². The molecular formula is C14H21NO2. The van der Waals surface area contributed by atoms with Gasteiger partial charge >= 0.3 is 0 Å². The fraction of sp³-hybridized carbons (Fsp3) is 0.571. The van der Waals surface area contributed by atoms with Crippen LogP contribution < -0.4 is 0 Å². The van der Waals surface area contributed by atoms with Gasteiger partial charge in [0.15, 0.2) is 0 Å². The highest BCUT2D eigenvalue weighted by Gasteiger charge is 2.19. The van der Waals surface area contributed by atoms with Gasteiger partial charge in [0.1, 0.15) is 5.75 Å². The maximum atomic E-state index is 9.43. The summed E-state index contributed by atoms with van der Waals surface area (Å²) >= 11 is 0. The number of likely N-dealkylation sites (tertiary alicyclic amines) is 1. The van der Waals surface area contributed by atoms with Crippen molar-refractivity contribution in [3.05, 3.63) is 29.8 Å². The molecule has 0 spiro atoms. The van der Waals surface area contributed by atoms with Crippen molar-refractivity contribution in [1.29, 1.82) is 0 Å². The van der Waals surface area contributed by atoms with Gasteiger partial charge in [0.05, 0.1) is 6.61 Å². The minimum Gasteiger partial charge on any atom is -0.508 e. The number of aliphatic hydroxyl groups is 1. The van der Waals surface area contributed by atoms with Gasteiger partial charge in [-0.3, -0.25) is 4.90 Å². The average Bonchev–Trinajstić information content (AvgIpc) is 2.57. The van der Waals surface area contributed by atoms with E-state index in [2.05, 4.69) is 4.90 Å². The molecule has 2 N–H and O–H groups in total. The molecule has 1 atom stereocenters. The van der Waals surface area contributed by atoms with Crippen LogP contribution in [0.3, 0.4) is 0 Å². The molecule has 17 heavy (non-hydrogen) atoms. The third kappa shape index (κ3) is 3.45. The smallest absolute Gasteiger partial charge is 0.115 e. The van der Waals surface area contributed by atoms with Crippen LogP contribution in [0.5, 0.6) is 5.75 Å². The lowest BCUT2D eigenvalue weighted by atomic mass is 10.1. The molecule has 0 aliphatic carbocycles. The van der Waals surface area contributed by atoms with E-state index in [4.69, 9.17) is 0 Å². The third-order valence-electron chi connectivity index (χ3n) is 3.53. The van der Waals surface area contributed by atoms with Crippen LogP contribution in [0.2, 0.25) is 0 Å². The topological polar surface area (TPSA) is 43.7 Å². The highest BCUT2D eigenvalue weighted by Crippen LogP contribution is 2.19. The predicted octanol–water partition coefficient (Wildman–Crippen LogP) is 2.13. The van der Waals surface area contributed by atoms with Gasteiger partial charge in [0, 0.05) is 12.6 Å². The summed E-state index contributed by atoms with van der Waals surface area (Å²) in [7, 11) is 0. The van der Waals surface area contributed by atoms with Gasteiger partial charge in [-0.15, -0.1) is 0 Å². The van der Waals surface area contributed by atoms with Crippen LogP contribution in [0.25, 0.3) is 0 Å². The number of aliphatic hydroxyl groups excluding tert-OH is 1. The molecule has 2 rings (SSSR count). The van der Waals surface area contributed by atoms with E-state index < -0.39 is 0 Å². The second kappa shape index (κ2) is 6.03. The lowest BCUT2D eigenvalue weighted by Crippen LogP contribution is -2.36. The van der Waals surface area contributed by atoms with Crippen LogP contribution in [0.15, 0.2) is 24.3 Å². The van der Waals surface area contributed by atoms with Gasteiger partial charge in [-0.1, -0.05) is 25.0 Å². The Bertz CT molecular complexity index is 337. The Morgan fingerprint density at radius 1 is 1.12 bits per heavy atom. The molecule has 1 aliphatic rings. The van der Waals surface area contributed by atoms with Crippen molar-refractivity contribution in [3.63, 3.8) is 0 Å². The molecule has 1 aromatic rings. The minimum absolute atomic E-state index is 0.248. The first-order valence-corrected chi connectivity index (χ1v) is 6.42. The van der Waals surface area contributed by atoms with E-state index in [1.165, 1.54) is 24.8 Å². The molecule has 0 aromatic heterocycles. The quantitative estimate of drug-likeness (QED) is 0.843. The van der Waals surface area contributed by atoms with E-state index in [9.17, 15) is 10.2 Å². The molecule has 3 nitrogen and oxygen atoms in total. The normalized spacial score (nSPS) is 22.3. The minimum atomic E-state index is 0.248. The maximum absolute atomic E-state index is 9.43. The summed E-state index contributed by atoms with van der Waals surface area (Å²) in [5.41, 5.74) is 1.20. The SMILES string of the molecule is OCC1CCCCCN1Cc1ccc(O)cc1. The predicted molar refractivity (Wildman–Crippen MR) is 67.9 cm³/mol. The molecule has 0 amide bonds. The number of phenolic OH excluding ortho intramolecular Hbond substituents is 1. The van der Waals surface area contributed by atoms with Gasteiger partial charge < -0.3 is 10.2 Å². The van der Waals surface area contributed by atoms with E-state index in [0.29, 0.717) is 11.8 Å². The van der Waals surface area contributed by atoms with Gasteiger partial charge in [0.2, 0.25) is 0 Å². The zero-order valence-corrected chi connectivity index (χ0v) is 10.2. The molecule has 3 heteroatoms. The Hall–Kier alpha value is -1.06. The Kier molecular flexibility index (Phi) is 4.40. The zero-order chi connectivity index (χ0) is 12.1. The lowest BCUT2D eigenvalue weighted by molar-refractivity contribution is 0.118. The van der Waals surface area contributed by atoms with Crippen LogP contribution >= 0.6 is 0 Å². The van der Waals surface area contributed by atoms with Crippen molar-refractivity contribution < 1.29 is 10.2 Å².